The van der Waals surface area contributed by atoms with Crippen molar-refractivity contribution >= 4 is 0 Å². The fourth-order valence-corrected chi connectivity index (χ4v) is 1.97. The fraction of sp³-hybridized carbons (Fsp3) is 0.625. The zero-order valence-corrected chi connectivity index (χ0v) is 12.2. The van der Waals surface area contributed by atoms with Crippen molar-refractivity contribution in [2.45, 2.75) is 39.7 Å². The van der Waals surface area contributed by atoms with Crippen LogP contribution in [0.25, 0.3) is 0 Å². The molecule has 0 saturated heterocycles. The minimum Gasteiger partial charge on any atom is -0.493 e. The van der Waals surface area contributed by atoms with Gasteiger partial charge in [0, 0.05) is 26.2 Å². The van der Waals surface area contributed by atoms with E-state index in [9.17, 15) is 0 Å². The normalized spacial score (nSPS) is 12.4. The molecule has 1 aromatic rings. The lowest BCUT2D eigenvalue weighted by Gasteiger charge is -2.11. The number of nitrogens with two attached hydrogens (primary N) is 1. The molecule has 0 saturated carbocycles. The Kier molecular flexibility index (Phi) is 8.26. The first-order valence-electron chi connectivity index (χ1n) is 7.25. The molecule has 0 aliphatic rings. The lowest BCUT2D eigenvalue weighted by Crippen LogP contribution is -2.09. The summed E-state index contributed by atoms with van der Waals surface area (Å²) in [6.07, 6.45) is 3.39. The van der Waals surface area contributed by atoms with Crippen molar-refractivity contribution in [2.24, 2.45) is 11.7 Å². The average molecular weight is 265 g/mol. The van der Waals surface area contributed by atoms with Crippen molar-refractivity contribution in [3.05, 3.63) is 29.8 Å². The van der Waals surface area contributed by atoms with E-state index in [4.69, 9.17) is 15.2 Å². The molecule has 3 heteroatoms. The maximum atomic E-state index is 5.67. The Hall–Kier alpha value is -1.06. The summed E-state index contributed by atoms with van der Waals surface area (Å²) < 4.78 is 11.3. The monoisotopic (exact) mass is 265 g/mol. The summed E-state index contributed by atoms with van der Waals surface area (Å²) in [6, 6.07) is 7.93. The summed E-state index contributed by atoms with van der Waals surface area (Å²) in [5.74, 6) is 1.55. The van der Waals surface area contributed by atoms with Crippen LogP contribution in [0, 0.1) is 5.92 Å². The van der Waals surface area contributed by atoms with Crippen LogP contribution in [-0.4, -0.2) is 19.8 Å². The average Bonchev–Trinajstić information content (AvgIpc) is 2.43. The Balaban J connectivity index is 2.07. The van der Waals surface area contributed by atoms with Gasteiger partial charge >= 0.3 is 0 Å². The SMILES string of the molecule is CCCC(C)COCCCOc1cccc(CN)c1. The van der Waals surface area contributed by atoms with Gasteiger partial charge in [-0.15, -0.1) is 0 Å². The number of ether oxygens (including phenoxy) is 2. The Morgan fingerprint density at radius 2 is 2.11 bits per heavy atom. The molecule has 19 heavy (non-hydrogen) atoms. The van der Waals surface area contributed by atoms with E-state index in [0.717, 1.165) is 30.9 Å². The molecule has 108 valence electrons. The molecule has 0 aromatic heterocycles. The summed E-state index contributed by atoms with van der Waals surface area (Å²) in [7, 11) is 0. The van der Waals surface area contributed by atoms with Gasteiger partial charge in [0.15, 0.2) is 0 Å². The van der Waals surface area contributed by atoms with E-state index >= 15 is 0 Å². The summed E-state index contributed by atoms with van der Waals surface area (Å²) in [5.41, 5.74) is 6.69. The standard InChI is InChI=1S/C16H27NO2/c1-3-6-14(2)13-18-9-5-10-19-16-8-4-7-15(11-16)12-17/h4,7-8,11,14H,3,5-6,9-10,12-13,17H2,1-2H3. The molecule has 3 nitrogen and oxygen atoms in total. The van der Waals surface area contributed by atoms with Crippen molar-refractivity contribution < 1.29 is 9.47 Å². The quantitative estimate of drug-likeness (QED) is 0.660. The molecule has 0 bridgehead atoms. The Morgan fingerprint density at radius 1 is 1.26 bits per heavy atom. The summed E-state index contributed by atoms with van der Waals surface area (Å²) >= 11 is 0. The maximum absolute atomic E-state index is 5.67. The Labute approximate surface area is 117 Å². The van der Waals surface area contributed by atoms with Crippen molar-refractivity contribution in [1.29, 1.82) is 0 Å². The first kappa shape index (κ1) is 16.0. The third kappa shape index (κ3) is 7.19. The van der Waals surface area contributed by atoms with Gasteiger partial charge < -0.3 is 15.2 Å². The zero-order chi connectivity index (χ0) is 13.9. The number of hydrogen-bond acceptors (Lipinski definition) is 3. The summed E-state index contributed by atoms with van der Waals surface area (Å²) in [4.78, 5) is 0. The second-order valence-corrected chi connectivity index (χ2v) is 5.02. The minimum absolute atomic E-state index is 0.551. The van der Waals surface area contributed by atoms with Gasteiger partial charge in [0.2, 0.25) is 0 Å². The Bertz CT molecular complexity index is 341. The van der Waals surface area contributed by atoms with Gasteiger partial charge in [0.1, 0.15) is 5.75 Å². The number of hydrogen-bond donors (Lipinski definition) is 1. The predicted molar refractivity (Wildman–Crippen MR) is 79.3 cm³/mol. The summed E-state index contributed by atoms with van der Waals surface area (Å²) in [5, 5.41) is 0. The second kappa shape index (κ2) is 9.82. The topological polar surface area (TPSA) is 44.5 Å². The lowest BCUT2D eigenvalue weighted by atomic mass is 10.1. The van der Waals surface area contributed by atoms with Crippen LogP contribution >= 0.6 is 0 Å². The zero-order valence-electron chi connectivity index (χ0n) is 12.2. The first-order chi connectivity index (χ1) is 9.26. The van der Waals surface area contributed by atoms with Gasteiger partial charge in [-0.3, -0.25) is 0 Å². The molecular formula is C16H27NO2. The van der Waals surface area contributed by atoms with E-state index in [1.54, 1.807) is 0 Å². The van der Waals surface area contributed by atoms with Crippen LogP contribution in [0.4, 0.5) is 0 Å². The smallest absolute Gasteiger partial charge is 0.119 e. The van der Waals surface area contributed by atoms with E-state index in [1.807, 2.05) is 24.3 Å². The molecule has 0 radical (unpaired) electrons. The molecule has 1 rings (SSSR count). The molecule has 0 amide bonds. The predicted octanol–water partition coefficient (Wildman–Crippen LogP) is 3.37. The van der Waals surface area contributed by atoms with Crippen LogP contribution in [0.3, 0.4) is 0 Å². The van der Waals surface area contributed by atoms with Gasteiger partial charge in [-0.2, -0.15) is 0 Å². The third-order valence-corrected chi connectivity index (χ3v) is 3.02. The first-order valence-corrected chi connectivity index (χ1v) is 7.25. The molecule has 1 unspecified atom stereocenters. The van der Waals surface area contributed by atoms with E-state index in [0.29, 0.717) is 19.1 Å². The number of rotatable bonds is 10. The van der Waals surface area contributed by atoms with Crippen LogP contribution < -0.4 is 10.5 Å². The van der Waals surface area contributed by atoms with Crippen LogP contribution in [-0.2, 0) is 11.3 Å². The van der Waals surface area contributed by atoms with E-state index in [2.05, 4.69) is 13.8 Å². The molecule has 2 N–H and O–H groups in total. The minimum atomic E-state index is 0.551. The van der Waals surface area contributed by atoms with E-state index in [1.165, 1.54) is 12.8 Å². The molecule has 1 atom stereocenters. The molecule has 0 fully saturated rings. The van der Waals surface area contributed by atoms with Crippen LogP contribution in [0.2, 0.25) is 0 Å². The highest BCUT2D eigenvalue weighted by molar-refractivity contribution is 5.28. The van der Waals surface area contributed by atoms with E-state index < -0.39 is 0 Å². The lowest BCUT2D eigenvalue weighted by molar-refractivity contribution is 0.0910. The molecule has 0 spiro atoms. The molecule has 0 aliphatic carbocycles. The highest BCUT2D eigenvalue weighted by Crippen LogP contribution is 2.13. The van der Waals surface area contributed by atoms with Crippen LogP contribution in [0.1, 0.15) is 38.7 Å². The summed E-state index contributed by atoms with van der Waals surface area (Å²) in [6.45, 7) is 7.31. The molecule has 1 aromatic carbocycles. The maximum Gasteiger partial charge on any atom is 0.119 e. The third-order valence-electron chi connectivity index (χ3n) is 3.02. The van der Waals surface area contributed by atoms with Gasteiger partial charge in [-0.25, -0.2) is 0 Å². The van der Waals surface area contributed by atoms with Gasteiger partial charge in [0.05, 0.1) is 6.61 Å². The largest absolute Gasteiger partial charge is 0.493 e. The van der Waals surface area contributed by atoms with Crippen LogP contribution in [0.5, 0.6) is 5.75 Å². The van der Waals surface area contributed by atoms with Crippen molar-refractivity contribution in [2.75, 3.05) is 19.8 Å². The molecule has 0 heterocycles. The fourth-order valence-electron chi connectivity index (χ4n) is 1.97. The van der Waals surface area contributed by atoms with Crippen molar-refractivity contribution in [3.8, 4) is 5.75 Å². The second-order valence-electron chi connectivity index (χ2n) is 5.02. The molecular weight excluding hydrogens is 238 g/mol. The molecule has 0 aliphatic heterocycles. The van der Waals surface area contributed by atoms with Crippen LogP contribution in [0.15, 0.2) is 24.3 Å². The van der Waals surface area contributed by atoms with Crippen molar-refractivity contribution in [3.63, 3.8) is 0 Å². The number of benzene rings is 1. The highest BCUT2D eigenvalue weighted by Gasteiger charge is 2.00. The van der Waals surface area contributed by atoms with Gasteiger partial charge in [-0.1, -0.05) is 32.4 Å². The van der Waals surface area contributed by atoms with Gasteiger partial charge in [-0.05, 0) is 30.0 Å². The van der Waals surface area contributed by atoms with Gasteiger partial charge in [0.25, 0.3) is 0 Å². The Morgan fingerprint density at radius 3 is 2.84 bits per heavy atom. The van der Waals surface area contributed by atoms with Crippen molar-refractivity contribution in [1.82, 2.24) is 0 Å². The van der Waals surface area contributed by atoms with E-state index in [-0.39, 0.29) is 0 Å². The highest BCUT2D eigenvalue weighted by atomic mass is 16.5.